The lowest BCUT2D eigenvalue weighted by Gasteiger charge is -2.22. The number of nitrogens with one attached hydrogen (secondary N) is 1. The molecule has 0 saturated heterocycles. The second-order valence-electron chi connectivity index (χ2n) is 4.34. The van der Waals surface area contributed by atoms with Gasteiger partial charge in [0.25, 0.3) is 0 Å². The molecule has 1 aliphatic rings. The molecule has 0 aliphatic carbocycles. The first-order valence-electron chi connectivity index (χ1n) is 5.98. The Morgan fingerprint density at radius 1 is 1.39 bits per heavy atom. The van der Waals surface area contributed by atoms with Crippen LogP contribution in [0.1, 0.15) is 23.6 Å². The number of rotatable bonds is 3. The molecule has 1 aromatic rings. The summed E-state index contributed by atoms with van der Waals surface area (Å²) in [6.07, 6.45) is 0.261. The molecule has 5 nitrogen and oxygen atoms in total. The number of ether oxygens (including phenoxy) is 2. The molecule has 1 aromatic carbocycles. The van der Waals surface area contributed by atoms with E-state index in [4.69, 9.17) is 15.2 Å². The summed E-state index contributed by atoms with van der Waals surface area (Å²) in [7, 11) is 1.60. The van der Waals surface area contributed by atoms with Crippen molar-refractivity contribution < 1.29 is 14.3 Å². The van der Waals surface area contributed by atoms with Gasteiger partial charge in [-0.25, -0.2) is 0 Å². The van der Waals surface area contributed by atoms with Gasteiger partial charge < -0.3 is 20.5 Å². The highest BCUT2D eigenvalue weighted by Crippen LogP contribution is 2.35. The molecule has 2 rings (SSSR count). The fourth-order valence-electron chi connectivity index (χ4n) is 2.02. The lowest BCUT2D eigenvalue weighted by Crippen LogP contribution is -2.25. The van der Waals surface area contributed by atoms with Crippen molar-refractivity contribution in [2.24, 2.45) is 5.73 Å². The van der Waals surface area contributed by atoms with Crippen molar-refractivity contribution in [1.82, 2.24) is 5.32 Å². The molecule has 3 N–H and O–H groups in total. The Morgan fingerprint density at radius 3 is 2.61 bits per heavy atom. The van der Waals surface area contributed by atoms with Crippen LogP contribution in [0.25, 0.3) is 0 Å². The van der Waals surface area contributed by atoms with E-state index in [1.54, 1.807) is 7.05 Å². The highest BCUT2D eigenvalue weighted by atomic mass is 16.6. The first kappa shape index (κ1) is 12.7. The lowest BCUT2D eigenvalue weighted by molar-refractivity contribution is -0.120. The molecule has 1 heterocycles. The Balaban J connectivity index is 2.24. The van der Waals surface area contributed by atoms with E-state index in [1.165, 1.54) is 0 Å². The number of hydrogen-bond acceptors (Lipinski definition) is 4. The minimum Gasteiger partial charge on any atom is -0.486 e. The van der Waals surface area contributed by atoms with Gasteiger partial charge in [0.15, 0.2) is 11.5 Å². The summed E-state index contributed by atoms with van der Waals surface area (Å²) in [4.78, 5) is 11.3. The third kappa shape index (κ3) is 2.56. The first-order chi connectivity index (χ1) is 8.61. The van der Waals surface area contributed by atoms with Crippen LogP contribution in [0.3, 0.4) is 0 Å². The maximum atomic E-state index is 11.3. The normalized spacial score (nSPS) is 15.1. The van der Waals surface area contributed by atoms with E-state index in [2.05, 4.69) is 5.32 Å². The van der Waals surface area contributed by atoms with E-state index in [-0.39, 0.29) is 18.4 Å². The van der Waals surface area contributed by atoms with E-state index in [9.17, 15) is 4.79 Å². The third-order valence-corrected chi connectivity index (χ3v) is 3.01. The second kappa shape index (κ2) is 5.27. The molecular weight excluding hydrogens is 232 g/mol. The summed E-state index contributed by atoms with van der Waals surface area (Å²) in [5.74, 6) is 1.38. The number of hydrogen-bond donors (Lipinski definition) is 2. The summed E-state index contributed by atoms with van der Waals surface area (Å²) >= 11 is 0. The van der Waals surface area contributed by atoms with Gasteiger partial charge in [0, 0.05) is 19.5 Å². The molecule has 0 spiro atoms. The van der Waals surface area contributed by atoms with Gasteiger partial charge >= 0.3 is 0 Å². The fourth-order valence-corrected chi connectivity index (χ4v) is 2.02. The highest BCUT2D eigenvalue weighted by molar-refractivity contribution is 5.76. The van der Waals surface area contributed by atoms with Crippen molar-refractivity contribution in [2.45, 2.75) is 19.4 Å². The number of aryl methyl sites for hydroxylation is 1. The number of carbonyl (C=O) groups is 1. The van der Waals surface area contributed by atoms with Gasteiger partial charge in [0.2, 0.25) is 5.91 Å². The topological polar surface area (TPSA) is 73.6 Å². The van der Waals surface area contributed by atoms with Crippen LogP contribution < -0.4 is 20.5 Å². The molecule has 1 amide bonds. The number of carbonyl (C=O) groups excluding carboxylic acids is 1. The van der Waals surface area contributed by atoms with Crippen LogP contribution in [0.2, 0.25) is 0 Å². The quantitative estimate of drug-likeness (QED) is 0.836. The SMILES string of the molecule is CNC(=O)CC(N)c1cc2c(cc1C)OCCO2. The maximum absolute atomic E-state index is 11.3. The van der Waals surface area contributed by atoms with Crippen molar-refractivity contribution >= 4 is 5.91 Å². The number of fused-ring (bicyclic) bond motifs is 1. The Kier molecular flexibility index (Phi) is 3.72. The molecule has 1 unspecified atom stereocenters. The summed E-state index contributed by atoms with van der Waals surface area (Å²) < 4.78 is 11.0. The van der Waals surface area contributed by atoms with E-state index < -0.39 is 0 Å². The van der Waals surface area contributed by atoms with Crippen molar-refractivity contribution in [3.05, 3.63) is 23.3 Å². The highest BCUT2D eigenvalue weighted by Gasteiger charge is 2.18. The van der Waals surface area contributed by atoms with Gasteiger partial charge in [-0.2, -0.15) is 0 Å². The maximum Gasteiger partial charge on any atom is 0.221 e. The van der Waals surface area contributed by atoms with Crippen molar-refractivity contribution in [3.8, 4) is 11.5 Å². The molecular formula is C13H18N2O3. The average Bonchev–Trinajstić information content (AvgIpc) is 2.37. The van der Waals surface area contributed by atoms with Crippen molar-refractivity contribution in [1.29, 1.82) is 0 Å². The zero-order valence-electron chi connectivity index (χ0n) is 10.7. The molecule has 1 aliphatic heterocycles. The van der Waals surface area contributed by atoms with Gasteiger partial charge in [-0.05, 0) is 30.2 Å². The smallest absolute Gasteiger partial charge is 0.221 e. The van der Waals surface area contributed by atoms with Crippen LogP contribution in [0.4, 0.5) is 0 Å². The van der Waals surface area contributed by atoms with Crippen molar-refractivity contribution in [2.75, 3.05) is 20.3 Å². The monoisotopic (exact) mass is 250 g/mol. The van der Waals surface area contributed by atoms with Crippen LogP contribution >= 0.6 is 0 Å². The number of benzene rings is 1. The standard InChI is InChI=1S/C13H18N2O3/c1-8-5-11-12(18-4-3-17-11)6-9(8)10(14)7-13(16)15-2/h5-6,10H,3-4,7,14H2,1-2H3,(H,15,16). The molecule has 18 heavy (non-hydrogen) atoms. The second-order valence-corrected chi connectivity index (χ2v) is 4.34. The summed E-state index contributed by atoms with van der Waals surface area (Å²) in [6.45, 7) is 3.06. The molecule has 0 radical (unpaired) electrons. The summed E-state index contributed by atoms with van der Waals surface area (Å²) in [5.41, 5.74) is 7.98. The average molecular weight is 250 g/mol. The molecule has 0 aromatic heterocycles. The molecule has 98 valence electrons. The van der Waals surface area contributed by atoms with Gasteiger partial charge in [-0.3, -0.25) is 4.79 Å². The van der Waals surface area contributed by atoms with Crippen LogP contribution in [0.15, 0.2) is 12.1 Å². The van der Waals surface area contributed by atoms with E-state index in [0.29, 0.717) is 19.0 Å². The number of nitrogens with two attached hydrogens (primary N) is 1. The van der Waals surface area contributed by atoms with Crippen LogP contribution in [0.5, 0.6) is 11.5 Å². The number of amides is 1. The molecule has 0 saturated carbocycles. The van der Waals surface area contributed by atoms with Crippen LogP contribution in [0, 0.1) is 6.92 Å². The van der Waals surface area contributed by atoms with E-state index in [0.717, 1.165) is 16.9 Å². The molecule has 0 fully saturated rings. The van der Waals surface area contributed by atoms with Gasteiger partial charge in [0.05, 0.1) is 0 Å². The van der Waals surface area contributed by atoms with Gasteiger partial charge in [-0.15, -0.1) is 0 Å². The van der Waals surface area contributed by atoms with Crippen LogP contribution in [-0.4, -0.2) is 26.2 Å². The van der Waals surface area contributed by atoms with E-state index in [1.807, 2.05) is 19.1 Å². The zero-order valence-corrected chi connectivity index (χ0v) is 10.7. The predicted octanol–water partition coefficient (Wildman–Crippen LogP) is 0.902. The minimum atomic E-state index is -0.333. The third-order valence-electron chi connectivity index (χ3n) is 3.01. The summed E-state index contributed by atoms with van der Waals surface area (Å²) in [5, 5.41) is 2.57. The van der Waals surface area contributed by atoms with Crippen molar-refractivity contribution in [3.63, 3.8) is 0 Å². The Bertz CT molecular complexity index is 460. The molecule has 1 atom stereocenters. The van der Waals surface area contributed by atoms with Gasteiger partial charge in [-0.1, -0.05) is 0 Å². The minimum absolute atomic E-state index is 0.0724. The Morgan fingerprint density at radius 2 is 2.00 bits per heavy atom. The zero-order chi connectivity index (χ0) is 13.1. The summed E-state index contributed by atoms with van der Waals surface area (Å²) in [6, 6.07) is 3.45. The fraction of sp³-hybridized carbons (Fsp3) is 0.462. The first-order valence-corrected chi connectivity index (χ1v) is 5.98. The predicted molar refractivity (Wildman–Crippen MR) is 67.8 cm³/mol. The Labute approximate surface area is 106 Å². The molecule has 0 bridgehead atoms. The van der Waals surface area contributed by atoms with Gasteiger partial charge in [0.1, 0.15) is 13.2 Å². The lowest BCUT2D eigenvalue weighted by atomic mass is 9.98. The largest absolute Gasteiger partial charge is 0.486 e. The van der Waals surface area contributed by atoms with Crippen LogP contribution in [-0.2, 0) is 4.79 Å². The van der Waals surface area contributed by atoms with E-state index >= 15 is 0 Å². The molecule has 5 heteroatoms. The Hall–Kier alpha value is -1.75.